The van der Waals surface area contributed by atoms with Crippen LogP contribution in [-0.2, 0) is 0 Å². The lowest BCUT2D eigenvalue weighted by molar-refractivity contribution is 0.0956. The fraction of sp³-hybridized carbons (Fsp3) is 0.286. The molecule has 0 saturated carbocycles. The predicted molar refractivity (Wildman–Crippen MR) is 73.8 cm³/mol. The van der Waals surface area contributed by atoms with Gasteiger partial charge < -0.3 is 4.98 Å². The van der Waals surface area contributed by atoms with Gasteiger partial charge in [-0.15, -0.1) is 0 Å². The van der Waals surface area contributed by atoms with Gasteiger partial charge in [0, 0.05) is 22.8 Å². The molecule has 2 aromatic rings. The van der Waals surface area contributed by atoms with E-state index >= 15 is 0 Å². The number of benzene rings is 1. The first kappa shape index (κ1) is 12.4. The molecule has 2 rings (SSSR count). The number of rotatable bonds is 4. The molecule has 0 unspecified atom stereocenters. The second kappa shape index (κ2) is 5.49. The lowest BCUT2D eigenvalue weighted by Gasteiger charge is -2.01. The lowest BCUT2D eigenvalue weighted by Crippen LogP contribution is -2.19. The zero-order valence-electron chi connectivity index (χ0n) is 10.7. The SMILES string of the molecule is CCC(CC)=NNC(=O)c1c[nH]c2ccccc12. The molecule has 0 radical (unpaired) electrons. The van der Waals surface area contributed by atoms with Crippen molar-refractivity contribution in [1.29, 1.82) is 0 Å². The van der Waals surface area contributed by atoms with Crippen LogP contribution in [0.25, 0.3) is 10.9 Å². The molecule has 1 amide bonds. The summed E-state index contributed by atoms with van der Waals surface area (Å²) in [4.78, 5) is 15.1. The van der Waals surface area contributed by atoms with Crippen LogP contribution in [0.3, 0.4) is 0 Å². The first-order chi connectivity index (χ1) is 8.76. The Morgan fingerprint density at radius 2 is 2.00 bits per heavy atom. The van der Waals surface area contributed by atoms with E-state index in [1.54, 1.807) is 6.20 Å². The Kier molecular flexibility index (Phi) is 3.77. The van der Waals surface area contributed by atoms with Crippen LogP contribution in [0, 0.1) is 0 Å². The van der Waals surface area contributed by atoms with Gasteiger partial charge in [-0.3, -0.25) is 4.79 Å². The number of aromatic amines is 1. The van der Waals surface area contributed by atoms with Gasteiger partial charge in [0.15, 0.2) is 0 Å². The Labute approximate surface area is 106 Å². The lowest BCUT2D eigenvalue weighted by atomic mass is 10.2. The first-order valence-corrected chi connectivity index (χ1v) is 6.18. The average Bonchev–Trinajstić information content (AvgIpc) is 2.83. The summed E-state index contributed by atoms with van der Waals surface area (Å²) >= 11 is 0. The average molecular weight is 243 g/mol. The molecule has 0 aliphatic carbocycles. The van der Waals surface area contributed by atoms with Gasteiger partial charge in [0.2, 0.25) is 0 Å². The zero-order chi connectivity index (χ0) is 13.0. The highest BCUT2D eigenvalue weighted by Gasteiger charge is 2.10. The summed E-state index contributed by atoms with van der Waals surface area (Å²) < 4.78 is 0. The van der Waals surface area contributed by atoms with E-state index in [2.05, 4.69) is 15.5 Å². The molecule has 1 aromatic carbocycles. The number of H-pyrrole nitrogens is 1. The molecule has 0 aliphatic heterocycles. The fourth-order valence-corrected chi connectivity index (χ4v) is 1.86. The van der Waals surface area contributed by atoms with Gasteiger partial charge in [-0.2, -0.15) is 5.10 Å². The minimum absolute atomic E-state index is 0.174. The van der Waals surface area contributed by atoms with E-state index in [0.717, 1.165) is 29.5 Å². The van der Waals surface area contributed by atoms with Crippen molar-refractivity contribution in [2.45, 2.75) is 26.7 Å². The third-order valence-corrected chi connectivity index (χ3v) is 2.97. The molecule has 0 spiro atoms. The molecule has 4 nitrogen and oxygen atoms in total. The van der Waals surface area contributed by atoms with E-state index in [9.17, 15) is 4.79 Å². The molecule has 0 aliphatic rings. The number of carbonyl (C=O) groups is 1. The molecular formula is C14H17N3O. The normalized spacial score (nSPS) is 10.3. The maximum absolute atomic E-state index is 12.0. The third kappa shape index (κ3) is 2.42. The minimum Gasteiger partial charge on any atom is -0.360 e. The summed E-state index contributed by atoms with van der Waals surface area (Å²) in [6.45, 7) is 4.06. The molecule has 4 heteroatoms. The van der Waals surface area contributed by atoms with Crippen molar-refractivity contribution in [3.63, 3.8) is 0 Å². The van der Waals surface area contributed by atoms with Crippen molar-refractivity contribution in [3.05, 3.63) is 36.0 Å². The Hall–Kier alpha value is -2.10. The highest BCUT2D eigenvalue weighted by molar-refractivity contribution is 6.06. The smallest absolute Gasteiger partial charge is 0.273 e. The number of carbonyl (C=O) groups excluding carboxylic acids is 1. The number of hydrazone groups is 1. The van der Waals surface area contributed by atoms with Crippen LogP contribution in [0.2, 0.25) is 0 Å². The number of nitrogens with zero attached hydrogens (tertiary/aromatic N) is 1. The summed E-state index contributed by atoms with van der Waals surface area (Å²) in [5.74, 6) is -0.174. The molecule has 18 heavy (non-hydrogen) atoms. The van der Waals surface area contributed by atoms with Crippen molar-refractivity contribution in [2.24, 2.45) is 5.10 Å². The first-order valence-electron chi connectivity index (χ1n) is 6.18. The molecule has 0 bridgehead atoms. The van der Waals surface area contributed by atoms with E-state index in [1.165, 1.54) is 0 Å². The maximum Gasteiger partial charge on any atom is 0.273 e. The van der Waals surface area contributed by atoms with Gasteiger partial charge in [-0.1, -0.05) is 32.0 Å². The summed E-state index contributed by atoms with van der Waals surface area (Å²) in [7, 11) is 0. The topological polar surface area (TPSA) is 57.2 Å². The molecular weight excluding hydrogens is 226 g/mol. The van der Waals surface area contributed by atoms with E-state index in [-0.39, 0.29) is 5.91 Å². The largest absolute Gasteiger partial charge is 0.360 e. The number of amides is 1. The second-order valence-corrected chi connectivity index (χ2v) is 4.07. The molecule has 0 atom stereocenters. The number of hydrogen-bond acceptors (Lipinski definition) is 2. The van der Waals surface area contributed by atoms with Crippen LogP contribution in [0.4, 0.5) is 0 Å². The van der Waals surface area contributed by atoms with Crippen molar-refractivity contribution in [3.8, 4) is 0 Å². The Bertz CT molecular complexity index is 577. The van der Waals surface area contributed by atoms with Crippen LogP contribution < -0.4 is 5.43 Å². The van der Waals surface area contributed by atoms with Gasteiger partial charge in [-0.25, -0.2) is 5.43 Å². The second-order valence-electron chi connectivity index (χ2n) is 4.07. The molecule has 1 aromatic heterocycles. The number of para-hydroxylation sites is 1. The van der Waals surface area contributed by atoms with Gasteiger partial charge >= 0.3 is 0 Å². The highest BCUT2D eigenvalue weighted by Crippen LogP contribution is 2.17. The maximum atomic E-state index is 12.0. The van der Waals surface area contributed by atoms with Gasteiger partial charge in [-0.05, 0) is 18.9 Å². The number of fused-ring (bicyclic) bond motifs is 1. The minimum atomic E-state index is -0.174. The predicted octanol–water partition coefficient (Wildman–Crippen LogP) is 3.07. The highest BCUT2D eigenvalue weighted by atomic mass is 16.2. The van der Waals surface area contributed by atoms with E-state index in [4.69, 9.17) is 0 Å². The summed E-state index contributed by atoms with van der Waals surface area (Å²) in [5, 5.41) is 5.04. The molecule has 0 saturated heterocycles. The van der Waals surface area contributed by atoms with Gasteiger partial charge in [0.05, 0.1) is 5.56 Å². The summed E-state index contributed by atoms with van der Waals surface area (Å²) in [6.07, 6.45) is 3.42. The molecule has 0 fully saturated rings. The molecule has 1 heterocycles. The Morgan fingerprint density at radius 3 is 2.72 bits per heavy atom. The summed E-state index contributed by atoms with van der Waals surface area (Å²) in [6, 6.07) is 7.72. The monoisotopic (exact) mass is 243 g/mol. The van der Waals surface area contributed by atoms with Crippen molar-refractivity contribution in [2.75, 3.05) is 0 Å². The van der Waals surface area contributed by atoms with Gasteiger partial charge in [0.1, 0.15) is 0 Å². The van der Waals surface area contributed by atoms with Crippen molar-refractivity contribution in [1.82, 2.24) is 10.4 Å². The van der Waals surface area contributed by atoms with Crippen LogP contribution in [0.15, 0.2) is 35.6 Å². The summed E-state index contributed by atoms with van der Waals surface area (Å²) in [5.41, 5.74) is 5.18. The van der Waals surface area contributed by atoms with Crippen LogP contribution in [-0.4, -0.2) is 16.6 Å². The number of hydrogen-bond donors (Lipinski definition) is 2. The zero-order valence-corrected chi connectivity index (χ0v) is 10.7. The van der Waals surface area contributed by atoms with Crippen molar-refractivity contribution < 1.29 is 4.79 Å². The van der Waals surface area contributed by atoms with E-state index < -0.39 is 0 Å². The number of aromatic nitrogens is 1. The van der Waals surface area contributed by atoms with E-state index in [0.29, 0.717) is 5.56 Å². The standard InChI is InChI=1S/C14H17N3O/c1-3-10(4-2)16-17-14(18)12-9-15-13-8-6-5-7-11(12)13/h5-9,15H,3-4H2,1-2H3,(H,17,18). The quantitative estimate of drug-likeness (QED) is 0.629. The Balaban J connectivity index is 2.21. The Morgan fingerprint density at radius 1 is 1.28 bits per heavy atom. The van der Waals surface area contributed by atoms with Crippen LogP contribution in [0.1, 0.15) is 37.0 Å². The van der Waals surface area contributed by atoms with Crippen LogP contribution in [0.5, 0.6) is 0 Å². The van der Waals surface area contributed by atoms with Crippen LogP contribution >= 0.6 is 0 Å². The van der Waals surface area contributed by atoms with Gasteiger partial charge in [0.25, 0.3) is 5.91 Å². The number of nitrogens with one attached hydrogen (secondary N) is 2. The van der Waals surface area contributed by atoms with Crippen molar-refractivity contribution >= 4 is 22.5 Å². The third-order valence-electron chi connectivity index (χ3n) is 2.97. The molecule has 2 N–H and O–H groups in total. The van der Waals surface area contributed by atoms with E-state index in [1.807, 2.05) is 38.1 Å². The fourth-order valence-electron chi connectivity index (χ4n) is 1.86. The molecule has 94 valence electrons.